The normalized spacial score (nSPS) is 16.3. The summed E-state index contributed by atoms with van der Waals surface area (Å²) in [5.74, 6) is -1.30. The van der Waals surface area contributed by atoms with Crippen molar-refractivity contribution in [2.24, 2.45) is 0 Å². The molecule has 1 N–H and O–H groups in total. The van der Waals surface area contributed by atoms with Gasteiger partial charge in [-0.15, -0.1) is 0 Å². The molecule has 1 amide bonds. The van der Waals surface area contributed by atoms with E-state index in [1.807, 2.05) is 0 Å². The van der Waals surface area contributed by atoms with E-state index in [4.69, 9.17) is 9.15 Å². The number of amides is 1. The van der Waals surface area contributed by atoms with E-state index in [0.717, 1.165) is 13.1 Å². The van der Waals surface area contributed by atoms with E-state index < -0.39 is 23.5 Å². The first-order valence-corrected chi connectivity index (χ1v) is 10.5. The summed E-state index contributed by atoms with van der Waals surface area (Å²) in [6.07, 6.45) is 3.02. The van der Waals surface area contributed by atoms with Gasteiger partial charge < -0.3 is 24.1 Å². The highest BCUT2D eigenvalue weighted by Crippen LogP contribution is 2.38. The Morgan fingerprint density at radius 1 is 1.26 bits per heavy atom. The van der Waals surface area contributed by atoms with Crippen LogP contribution in [0.25, 0.3) is 0 Å². The van der Waals surface area contributed by atoms with Crippen LogP contribution in [0.3, 0.4) is 0 Å². The molecule has 1 aliphatic rings. The van der Waals surface area contributed by atoms with E-state index in [9.17, 15) is 14.7 Å². The van der Waals surface area contributed by atoms with Crippen LogP contribution in [0.15, 0.2) is 71.1 Å². The van der Waals surface area contributed by atoms with Crippen molar-refractivity contribution in [2.75, 3.05) is 32.8 Å². The van der Waals surface area contributed by atoms with Gasteiger partial charge >= 0.3 is 0 Å². The van der Waals surface area contributed by atoms with Gasteiger partial charge in [0.2, 0.25) is 11.7 Å². The molecular formula is C24H28N2O5. The molecule has 0 radical (unpaired) electrons. The second-order valence-electron chi connectivity index (χ2n) is 7.33. The maximum absolute atomic E-state index is 13.1. The zero-order chi connectivity index (χ0) is 22.4. The van der Waals surface area contributed by atoms with Gasteiger partial charge in [-0.3, -0.25) is 9.59 Å². The molecule has 1 atom stereocenters. The van der Waals surface area contributed by atoms with Crippen molar-refractivity contribution >= 4 is 11.7 Å². The topological polar surface area (TPSA) is 87.2 Å². The molecule has 2 heterocycles. The predicted molar refractivity (Wildman–Crippen MR) is 114 cm³/mol. The average molecular weight is 424 g/mol. The largest absolute Gasteiger partial charge is 0.868 e. The minimum Gasteiger partial charge on any atom is -0.868 e. The first-order chi connectivity index (χ1) is 15.0. The van der Waals surface area contributed by atoms with E-state index in [2.05, 4.69) is 20.4 Å². The quantitative estimate of drug-likeness (QED) is 0.432. The summed E-state index contributed by atoms with van der Waals surface area (Å²) in [6, 6.07) is 9.39. The number of ether oxygens (including phenoxy) is 1. The Morgan fingerprint density at radius 3 is 2.55 bits per heavy atom. The van der Waals surface area contributed by atoms with Crippen LogP contribution in [0.5, 0.6) is 5.75 Å². The van der Waals surface area contributed by atoms with Crippen molar-refractivity contribution in [1.29, 1.82) is 0 Å². The zero-order valence-corrected chi connectivity index (χ0v) is 17.9. The third-order valence-electron chi connectivity index (χ3n) is 5.54. The fourth-order valence-corrected chi connectivity index (χ4v) is 3.77. The second kappa shape index (κ2) is 10.1. The van der Waals surface area contributed by atoms with Gasteiger partial charge in [0.1, 0.15) is 12.4 Å². The number of nitrogens with zero attached hydrogens (tertiary/aromatic N) is 1. The molecule has 1 aromatic carbocycles. The van der Waals surface area contributed by atoms with Gasteiger partial charge in [-0.25, -0.2) is 0 Å². The number of furan rings is 1. The van der Waals surface area contributed by atoms with Crippen molar-refractivity contribution in [2.45, 2.75) is 19.9 Å². The van der Waals surface area contributed by atoms with E-state index in [1.54, 1.807) is 36.4 Å². The number of Topliss-reactive ketones (excluding diaryl/α,β-unsaturated/α-hetero) is 1. The summed E-state index contributed by atoms with van der Waals surface area (Å²) < 4.78 is 10.7. The van der Waals surface area contributed by atoms with E-state index in [0.29, 0.717) is 31.0 Å². The summed E-state index contributed by atoms with van der Waals surface area (Å²) >= 11 is 0. The first-order valence-electron chi connectivity index (χ1n) is 10.5. The Kier molecular flexibility index (Phi) is 7.31. The number of hydrogen-bond acceptors (Lipinski definition) is 5. The standard InChI is InChI=1S/C24H28N2O5/c1-4-15-30-18-11-9-17(10-12-18)21-20(22(27)19-8-7-16-31-19)23(28)24(29)26(21)14-13-25(5-2)6-3/h4,7-12,16,21,28H,1,5-6,13-15H2,2-3H3. The number of carbonyl (C=O) groups excluding carboxylic acids is 2. The molecular weight excluding hydrogens is 396 g/mol. The van der Waals surface area contributed by atoms with E-state index in [-0.39, 0.29) is 11.3 Å². The molecule has 1 unspecified atom stereocenters. The third-order valence-corrected chi connectivity index (χ3v) is 5.54. The number of quaternary nitrogens is 1. The lowest BCUT2D eigenvalue weighted by Crippen LogP contribution is -3.12. The average Bonchev–Trinajstić information content (AvgIpc) is 3.41. The highest BCUT2D eigenvalue weighted by atomic mass is 16.5. The highest BCUT2D eigenvalue weighted by Gasteiger charge is 2.40. The van der Waals surface area contributed by atoms with Crippen molar-refractivity contribution in [3.8, 4) is 5.75 Å². The van der Waals surface area contributed by atoms with Crippen molar-refractivity contribution in [3.05, 3.63) is 78.0 Å². The molecule has 7 nitrogen and oxygen atoms in total. The van der Waals surface area contributed by atoms with Gasteiger partial charge in [0.05, 0.1) is 38.5 Å². The van der Waals surface area contributed by atoms with Crippen molar-refractivity contribution in [1.82, 2.24) is 4.90 Å². The lowest BCUT2D eigenvalue weighted by Gasteiger charge is -2.29. The molecule has 2 aromatic rings. The molecule has 0 spiro atoms. The molecule has 0 aliphatic carbocycles. The summed E-state index contributed by atoms with van der Waals surface area (Å²) in [4.78, 5) is 28.8. The zero-order valence-electron chi connectivity index (χ0n) is 17.9. The molecule has 1 aromatic heterocycles. The monoisotopic (exact) mass is 424 g/mol. The SMILES string of the molecule is C=CCOc1ccc(C2C(C(=O)c3ccco3)=C([O-])C(=O)N2CC[NH+](CC)CC)cc1. The first kappa shape index (κ1) is 22.4. The van der Waals surface area contributed by atoms with Gasteiger partial charge in [0.15, 0.2) is 5.76 Å². The Morgan fingerprint density at radius 2 is 1.97 bits per heavy atom. The number of likely N-dealkylation sites (N-methyl/N-ethyl adjacent to an activating group) is 1. The minimum absolute atomic E-state index is 0.0447. The number of carbonyl (C=O) groups is 2. The van der Waals surface area contributed by atoms with Gasteiger partial charge in [0, 0.05) is 5.57 Å². The molecule has 0 saturated carbocycles. The van der Waals surface area contributed by atoms with Crippen LogP contribution in [-0.4, -0.2) is 49.4 Å². The third kappa shape index (κ3) is 4.72. The highest BCUT2D eigenvalue weighted by molar-refractivity contribution is 6.14. The van der Waals surface area contributed by atoms with Crippen LogP contribution in [0.4, 0.5) is 0 Å². The number of nitrogens with one attached hydrogen (secondary N) is 1. The maximum Gasteiger partial charge on any atom is 0.240 e. The van der Waals surface area contributed by atoms with Crippen LogP contribution in [0.1, 0.15) is 36.0 Å². The molecule has 1 aliphatic heterocycles. The van der Waals surface area contributed by atoms with Crippen molar-refractivity contribution < 1.29 is 28.7 Å². The van der Waals surface area contributed by atoms with Crippen molar-refractivity contribution in [3.63, 3.8) is 0 Å². The smallest absolute Gasteiger partial charge is 0.240 e. The number of rotatable bonds is 11. The lowest BCUT2D eigenvalue weighted by molar-refractivity contribution is -0.895. The Hall–Kier alpha value is -3.32. The molecule has 0 saturated heterocycles. The maximum atomic E-state index is 13.1. The van der Waals surface area contributed by atoms with Crippen LogP contribution >= 0.6 is 0 Å². The Balaban J connectivity index is 1.96. The molecule has 3 rings (SSSR count). The minimum atomic E-state index is -0.770. The van der Waals surface area contributed by atoms with Gasteiger partial charge in [-0.2, -0.15) is 0 Å². The van der Waals surface area contributed by atoms with E-state index in [1.165, 1.54) is 22.1 Å². The Bertz CT molecular complexity index is 943. The van der Waals surface area contributed by atoms with Crippen LogP contribution < -0.4 is 14.7 Å². The van der Waals surface area contributed by atoms with Crippen LogP contribution in [0.2, 0.25) is 0 Å². The number of ketones is 1. The summed E-state index contributed by atoms with van der Waals surface area (Å²) in [5, 5.41) is 12.9. The predicted octanol–water partition coefficient (Wildman–Crippen LogP) is 1.15. The number of hydrogen-bond donors (Lipinski definition) is 1. The summed E-state index contributed by atoms with van der Waals surface area (Å²) in [7, 11) is 0. The fraction of sp³-hybridized carbons (Fsp3) is 0.333. The second-order valence-corrected chi connectivity index (χ2v) is 7.33. The van der Waals surface area contributed by atoms with Gasteiger partial charge in [-0.05, 0) is 49.4 Å². The lowest BCUT2D eigenvalue weighted by atomic mass is 9.95. The summed E-state index contributed by atoms with van der Waals surface area (Å²) in [5.41, 5.74) is 0.601. The molecule has 164 valence electrons. The Labute approximate surface area is 182 Å². The number of benzene rings is 1. The van der Waals surface area contributed by atoms with Crippen LogP contribution in [-0.2, 0) is 4.79 Å². The molecule has 0 fully saturated rings. The van der Waals surface area contributed by atoms with Gasteiger partial charge in [0.25, 0.3) is 0 Å². The van der Waals surface area contributed by atoms with Gasteiger partial charge in [-0.1, -0.05) is 24.8 Å². The summed E-state index contributed by atoms with van der Waals surface area (Å²) in [6.45, 7) is 11.0. The molecule has 0 bridgehead atoms. The van der Waals surface area contributed by atoms with E-state index >= 15 is 0 Å². The fourth-order valence-electron chi connectivity index (χ4n) is 3.77. The molecule has 31 heavy (non-hydrogen) atoms. The van der Waals surface area contributed by atoms with Crippen LogP contribution in [0, 0.1) is 0 Å². The molecule has 7 heteroatoms.